The van der Waals surface area contributed by atoms with E-state index in [9.17, 15) is 0 Å². The van der Waals surface area contributed by atoms with E-state index < -0.39 is 0 Å². The predicted molar refractivity (Wildman–Crippen MR) is 73.0 cm³/mol. The maximum absolute atomic E-state index is 6.03. The molecular weight excluding hydrogens is 301 g/mol. The smallest absolute Gasteiger partial charge is 0.135 e. The third-order valence-electron chi connectivity index (χ3n) is 2.37. The monoisotopic (exact) mass is 321 g/mol. The van der Waals surface area contributed by atoms with Crippen molar-refractivity contribution < 1.29 is 0 Å². The van der Waals surface area contributed by atoms with Gasteiger partial charge in [-0.25, -0.2) is 4.68 Å². The minimum Gasteiger partial charge on any atom is -0.383 e. The third-order valence-corrected chi connectivity index (χ3v) is 3.43. The summed E-state index contributed by atoms with van der Waals surface area (Å²) in [6.07, 6.45) is 2.30. The van der Waals surface area contributed by atoms with E-state index in [-0.39, 0.29) is 5.41 Å². The molecule has 4 heteroatoms. The molecule has 1 aromatic rings. The molecule has 86 valence electrons. The highest BCUT2D eigenvalue weighted by Gasteiger charge is 2.23. The van der Waals surface area contributed by atoms with Crippen LogP contribution < -0.4 is 5.73 Å². The molecule has 0 aliphatic carbocycles. The first kappa shape index (κ1) is 12.8. The van der Waals surface area contributed by atoms with Crippen LogP contribution in [0.25, 0.3) is 0 Å². The van der Waals surface area contributed by atoms with Crippen LogP contribution in [0.3, 0.4) is 0 Å². The Labute approximate surface area is 106 Å². The van der Waals surface area contributed by atoms with E-state index in [1.807, 2.05) is 4.68 Å². The van der Waals surface area contributed by atoms with Crippen molar-refractivity contribution in [3.8, 4) is 0 Å². The summed E-state index contributed by atoms with van der Waals surface area (Å²) >= 11 is 2.29. The molecule has 1 heterocycles. The molecule has 2 N–H and O–H groups in total. The molecule has 15 heavy (non-hydrogen) atoms. The number of anilines is 1. The van der Waals surface area contributed by atoms with Crippen LogP contribution in [-0.4, -0.2) is 9.78 Å². The number of rotatable bonds is 3. The van der Waals surface area contributed by atoms with E-state index >= 15 is 0 Å². The summed E-state index contributed by atoms with van der Waals surface area (Å²) in [6.45, 7) is 9.60. The summed E-state index contributed by atoms with van der Waals surface area (Å²) in [6, 6.07) is 0. The Morgan fingerprint density at radius 1 is 1.40 bits per heavy atom. The molecule has 0 atom stereocenters. The Morgan fingerprint density at radius 2 is 2.00 bits per heavy atom. The van der Waals surface area contributed by atoms with Crippen LogP contribution in [0, 0.1) is 3.57 Å². The molecular formula is C11H20IN3. The molecule has 0 aliphatic heterocycles. The van der Waals surface area contributed by atoms with Gasteiger partial charge >= 0.3 is 0 Å². The molecule has 0 unspecified atom stereocenters. The lowest BCUT2D eigenvalue weighted by molar-refractivity contribution is 0.521. The van der Waals surface area contributed by atoms with Crippen LogP contribution in [0.15, 0.2) is 0 Å². The van der Waals surface area contributed by atoms with Crippen molar-refractivity contribution >= 4 is 28.4 Å². The van der Waals surface area contributed by atoms with Gasteiger partial charge in [0.15, 0.2) is 0 Å². The molecule has 1 rings (SSSR count). The molecule has 0 bridgehead atoms. The van der Waals surface area contributed by atoms with Crippen molar-refractivity contribution in [2.75, 3.05) is 5.73 Å². The lowest BCUT2D eigenvalue weighted by Crippen LogP contribution is -2.14. The molecule has 1 aromatic heterocycles. The molecule has 0 amide bonds. The first-order valence-electron chi connectivity index (χ1n) is 5.40. The standard InChI is InChI=1S/C11H20IN3/c1-5-6-7-15-10(13)8(12)9(14-15)11(2,3)4/h5-7,13H2,1-4H3. The normalized spacial score (nSPS) is 12.1. The Bertz CT molecular complexity index is 336. The zero-order valence-electron chi connectivity index (χ0n) is 9.97. The van der Waals surface area contributed by atoms with Gasteiger partial charge in [0, 0.05) is 12.0 Å². The van der Waals surface area contributed by atoms with E-state index in [2.05, 4.69) is 55.4 Å². The molecule has 0 radical (unpaired) electrons. The van der Waals surface area contributed by atoms with E-state index in [1.165, 1.54) is 6.42 Å². The number of hydrogen-bond donors (Lipinski definition) is 1. The number of aryl methyl sites for hydroxylation is 1. The molecule has 0 fully saturated rings. The van der Waals surface area contributed by atoms with Gasteiger partial charge in [0.05, 0.1) is 9.26 Å². The summed E-state index contributed by atoms with van der Waals surface area (Å²) in [5, 5.41) is 4.60. The van der Waals surface area contributed by atoms with Gasteiger partial charge in [-0.15, -0.1) is 0 Å². The largest absolute Gasteiger partial charge is 0.383 e. The molecule has 0 saturated carbocycles. The van der Waals surface area contributed by atoms with E-state index in [0.29, 0.717) is 0 Å². The average Bonchev–Trinajstić information content (AvgIpc) is 2.41. The van der Waals surface area contributed by atoms with Crippen molar-refractivity contribution in [3.05, 3.63) is 9.26 Å². The van der Waals surface area contributed by atoms with Gasteiger partial charge in [0.2, 0.25) is 0 Å². The topological polar surface area (TPSA) is 43.8 Å². The van der Waals surface area contributed by atoms with Crippen molar-refractivity contribution in [2.24, 2.45) is 0 Å². The lowest BCUT2D eigenvalue weighted by atomic mass is 9.92. The molecule has 0 aliphatic rings. The second-order valence-electron chi connectivity index (χ2n) is 4.87. The highest BCUT2D eigenvalue weighted by molar-refractivity contribution is 14.1. The highest BCUT2D eigenvalue weighted by atomic mass is 127. The number of aromatic nitrogens is 2. The third kappa shape index (κ3) is 2.86. The first-order chi connectivity index (χ1) is 6.88. The number of nitrogen functional groups attached to an aromatic ring is 1. The zero-order valence-corrected chi connectivity index (χ0v) is 12.1. The summed E-state index contributed by atoms with van der Waals surface area (Å²) in [5.41, 5.74) is 7.21. The SMILES string of the molecule is CCCCn1nc(C(C)(C)C)c(I)c1N. The number of hydrogen-bond acceptors (Lipinski definition) is 2. The van der Waals surface area contributed by atoms with Gasteiger partial charge in [0.1, 0.15) is 5.82 Å². The summed E-state index contributed by atoms with van der Waals surface area (Å²) in [5.74, 6) is 0.814. The van der Waals surface area contributed by atoms with Crippen molar-refractivity contribution in [1.82, 2.24) is 9.78 Å². The zero-order chi connectivity index (χ0) is 11.6. The van der Waals surface area contributed by atoms with Crippen LogP contribution in [-0.2, 0) is 12.0 Å². The van der Waals surface area contributed by atoms with Crippen molar-refractivity contribution in [3.63, 3.8) is 0 Å². The van der Waals surface area contributed by atoms with Gasteiger partial charge in [-0.2, -0.15) is 5.10 Å². The lowest BCUT2D eigenvalue weighted by Gasteiger charge is -2.15. The number of nitrogens with two attached hydrogens (primary N) is 1. The fraction of sp³-hybridized carbons (Fsp3) is 0.727. The van der Waals surface area contributed by atoms with Gasteiger partial charge in [0.25, 0.3) is 0 Å². The molecule has 0 saturated heterocycles. The maximum Gasteiger partial charge on any atom is 0.135 e. The number of nitrogens with zero attached hydrogens (tertiary/aromatic N) is 2. The van der Waals surface area contributed by atoms with E-state index in [1.54, 1.807) is 0 Å². The van der Waals surface area contributed by atoms with Gasteiger partial charge < -0.3 is 5.73 Å². The summed E-state index contributed by atoms with van der Waals surface area (Å²) in [7, 11) is 0. The first-order valence-corrected chi connectivity index (χ1v) is 6.48. The average molecular weight is 321 g/mol. The second-order valence-corrected chi connectivity index (χ2v) is 5.95. The second kappa shape index (κ2) is 4.72. The van der Waals surface area contributed by atoms with Crippen molar-refractivity contribution in [2.45, 2.75) is 52.5 Å². The molecule has 3 nitrogen and oxygen atoms in total. The Hall–Kier alpha value is -0.260. The van der Waals surface area contributed by atoms with E-state index in [0.717, 1.165) is 28.0 Å². The number of unbranched alkanes of at least 4 members (excludes halogenated alkanes) is 1. The minimum absolute atomic E-state index is 0.0715. The van der Waals surface area contributed by atoms with Crippen LogP contribution >= 0.6 is 22.6 Å². The van der Waals surface area contributed by atoms with Crippen LogP contribution in [0.4, 0.5) is 5.82 Å². The van der Waals surface area contributed by atoms with Crippen LogP contribution in [0.2, 0.25) is 0 Å². The maximum atomic E-state index is 6.03. The molecule has 0 aromatic carbocycles. The van der Waals surface area contributed by atoms with E-state index in [4.69, 9.17) is 5.73 Å². The highest BCUT2D eigenvalue weighted by Crippen LogP contribution is 2.29. The fourth-order valence-corrected chi connectivity index (χ4v) is 2.61. The van der Waals surface area contributed by atoms with Gasteiger partial charge in [-0.3, -0.25) is 0 Å². The summed E-state index contributed by atoms with van der Waals surface area (Å²) in [4.78, 5) is 0. The fourth-order valence-electron chi connectivity index (χ4n) is 1.41. The van der Waals surface area contributed by atoms with Crippen LogP contribution in [0.1, 0.15) is 46.2 Å². The Kier molecular flexibility index (Phi) is 4.03. The number of halogens is 1. The molecule has 0 spiro atoms. The van der Waals surface area contributed by atoms with Gasteiger partial charge in [-0.1, -0.05) is 34.1 Å². The Morgan fingerprint density at radius 3 is 2.40 bits per heavy atom. The van der Waals surface area contributed by atoms with Gasteiger partial charge in [-0.05, 0) is 29.0 Å². The quantitative estimate of drug-likeness (QED) is 0.869. The predicted octanol–water partition coefficient (Wildman–Crippen LogP) is 3.17. The summed E-state index contributed by atoms with van der Waals surface area (Å²) < 4.78 is 3.04. The Balaban J connectivity index is 3.02. The van der Waals surface area contributed by atoms with Crippen molar-refractivity contribution in [1.29, 1.82) is 0 Å². The van der Waals surface area contributed by atoms with Crippen LogP contribution in [0.5, 0.6) is 0 Å². The minimum atomic E-state index is 0.0715.